The maximum Gasteiger partial charge on any atom is 0.241 e. The first kappa shape index (κ1) is 20.9. The molecule has 0 aliphatic heterocycles. The van der Waals surface area contributed by atoms with Crippen molar-refractivity contribution in [1.29, 1.82) is 0 Å². The smallest absolute Gasteiger partial charge is 0.241 e. The molecular formula is C21H25BrN2O3S. The number of carbonyl (C=O) groups excluding carboxylic acids is 1. The minimum atomic E-state index is -3.58. The summed E-state index contributed by atoms with van der Waals surface area (Å²) in [6, 6.07) is 13.0. The third-order valence-corrected chi connectivity index (χ3v) is 6.72. The van der Waals surface area contributed by atoms with Crippen molar-refractivity contribution < 1.29 is 13.2 Å². The van der Waals surface area contributed by atoms with E-state index in [4.69, 9.17) is 0 Å². The van der Waals surface area contributed by atoms with Crippen molar-refractivity contribution in [2.75, 3.05) is 17.1 Å². The zero-order valence-electron chi connectivity index (χ0n) is 16.1. The van der Waals surface area contributed by atoms with Crippen molar-refractivity contribution in [3.8, 4) is 0 Å². The third-order valence-electron chi connectivity index (χ3n) is 5.05. The summed E-state index contributed by atoms with van der Waals surface area (Å²) < 4.78 is 26.4. The number of nitrogens with one attached hydrogen (secondary N) is 1. The number of rotatable bonds is 6. The number of halogens is 1. The molecule has 0 heterocycles. The number of hydrogen-bond acceptors (Lipinski definition) is 3. The number of aryl methyl sites for hydroxylation is 2. The van der Waals surface area contributed by atoms with Crippen LogP contribution in [-0.4, -0.2) is 27.1 Å². The lowest BCUT2D eigenvalue weighted by atomic mass is 9.89. The van der Waals surface area contributed by atoms with Crippen LogP contribution in [0.1, 0.15) is 42.5 Å². The molecule has 0 saturated heterocycles. The summed E-state index contributed by atoms with van der Waals surface area (Å²) in [4.78, 5) is 12.6. The van der Waals surface area contributed by atoms with Gasteiger partial charge in [-0.2, -0.15) is 0 Å². The highest BCUT2D eigenvalue weighted by molar-refractivity contribution is 9.10. The molecule has 28 heavy (non-hydrogen) atoms. The van der Waals surface area contributed by atoms with Crippen LogP contribution in [0.4, 0.5) is 5.69 Å². The van der Waals surface area contributed by atoms with Crippen molar-refractivity contribution in [2.45, 2.75) is 38.6 Å². The molecule has 1 aliphatic carbocycles. The van der Waals surface area contributed by atoms with E-state index in [0.717, 1.165) is 33.4 Å². The Labute approximate surface area is 175 Å². The van der Waals surface area contributed by atoms with Crippen molar-refractivity contribution in [2.24, 2.45) is 0 Å². The normalized spacial score (nSPS) is 14.8. The summed E-state index contributed by atoms with van der Waals surface area (Å²) in [5.74, 6) is -0.335. The van der Waals surface area contributed by atoms with Crippen LogP contribution in [0.2, 0.25) is 0 Å². The average Bonchev–Trinajstić information content (AvgIpc) is 2.65. The molecule has 3 rings (SSSR count). The lowest BCUT2D eigenvalue weighted by Crippen LogP contribution is -2.41. The molecule has 2 aromatic rings. The molecule has 0 unspecified atom stereocenters. The third kappa shape index (κ3) is 5.14. The van der Waals surface area contributed by atoms with Crippen LogP contribution < -0.4 is 9.62 Å². The highest BCUT2D eigenvalue weighted by atomic mass is 79.9. The molecule has 0 aromatic heterocycles. The Kier molecular flexibility index (Phi) is 6.45. The van der Waals surface area contributed by atoms with E-state index in [9.17, 15) is 13.2 Å². The van der Waals surface area contributed by atoms with Crippen LogP contribution in [0.5, 0.6) is 0 Å². The van der Waals surface area contributed by atoms with Gasteiger partial charge in [0.25, 0.3) is 0 Å². The number of benzene rings is 2. The van der Waals surface area contributed by atoms with Gasteiger partial charge in [-0.1, -0.05) is 34.1 Å². The van der Waals surface area contributed by atoms with Crippen LogP contribution in [0.15, 0.2) is 46.9 Å². The Morgan fingerprint density at radius 3 is 2.39 bits per heavy atom. The molecule has 5 nitrogen and oxygen atoms in total. The Hall–Kier alpha value is -1.86. The quantitative estimate of drug-likeness (QED) is 0.702. The molecule has 2 aromatic carbocycles. The van der Waals surface area contributed by atoms with Crippen LogP contribution in [-0.2, 0) is 27.7 Å². The highest BCUT2D eigenvalue weighted by Gasteiger charge is 2.22. The van der Waals surface area contributed by atoms with Gasteiger partial charge in [-0.15, -0.1) is 0 Å². The second-order valence-electron chi connectivity index (χ2n) is 7.27. The van der Waals surface area contributed by atoms with Gasteiger partial charge in [0, 0.05) is 4.47 Å². The maximum absolute atomic E-state index is 12.6. The fourth-order valence-corrected chi connectivity index (χ4v) is 4.65. The largest absolute Gasteiger partial charge is 0.348 e. The summed E-state index contributed by atoms with van der Waals surface area (Å²) in [7, 11) is -3.58. The van der Waals surface area contributed by atoms with Gasteiger partial charge in [0.2, 0.25) is 15.9 Å². The number of anilines is 1. The van der Waals surface area contributed by atoms with Gasteiger partial charge < -0.3 is 5.32 Å². The molecule has 0 bridgehead atoms. The van der Waals surface area contributed by atoms with E-state index < -0.39 is 10.0 Å². The van der Waals surface area contributed by atoms with E-state index in [0.29, 0.717) is 5.69 Å². The second kappa shape index (κ2) is 8.66. The maximum atomic E-state index is 12.6. The van der Waals surface area contributed by atoms with Gasteiger partial charge in [-0.3, -0.25) is 9.10 Å². The minimum Gasteiger partial charge on any atom is -0.348 e. The van der Waals surface area contributed by atoms with Crippen molar-refractivity contribution in [3.05, 3.63) is 63.6 Å². The molecule has 0 fully saturated rings. The molecular weight excluding hydrogens is 440 g/mol. The van der Waals surface area contributed by atoms with Gasteiger partial charge >= 0.3 is 0 Å². The van der Waals surface area contributed by atoms with E-state index in [-0.39, 0.29) is 18.5 Å². The van der Waals surface area contributed by atoms with E-state index in [2.05, 4.69) is 39.4 Å². The SMILES string of the molecule is C[C@H](NC(=O)CN(c1ccc(Br)cc1)S(C)(=O)=O)c1ccc2c(c1)CCCC2. The number of sulfonamides is 1. The predicted molar refractivity (Wildman–Crippen MR) is 116 cm³/mol. The Balaban J connectivity index is 1.71. The molecule has 1 aliphatic rings. The summed E-state index contributed by atoms with van der Waals surface area (Å²) in [6.45, 7) is 1.67. The molecule has 150 valence electrons. The molecule has 0 radical (unpaired) electrons. The van der Waals surface area contributed by atoms with Gasteiger partial charge in [-0.25, -0.2) is 8.42 Å². The van der Waals surface area contributed by atoms with Gasteiger partial charge in [0.15, 0.2) is 0 Å². The zero-order chi connectivity index (χ0) is 20.3. The summed E-state index contributed by atoms with van der Waals surface area (Å²) in [5.41, 5.74) is 4.26. The fraction of sp³-hybridized carbons (Fsp3) is 0.381. The summed E-state index contributed by atoms with van der Waals surface area (Å²) in [5, 5.41) is 2.93. The first-order valence-electron chi connectivity index (χ1n) is 9.38. The summed E-state index contributed by atoms with van der Waals surface area (Å²) in [6.07, 6.45) is 5.74. The van der Waals surface area contributed by atoms with Crippen molar-refractivity contribution in [1.82, 2.24) is 5.32 Å². The van der Waals surface area contributed by atoms with Gasteiger partial charge in [0.05, 0.1) is 18.0 Å². The Morgan fingerprint density at radius 1 is 1.11 bits per heavy atom. The molecule has 0 spiro atoms. The van der Waals surface area contributed by atoms with Gasteiger partial charge in [-0.05, 0) is 73.6 Å². The van der Waals surface area contributed by atoms with Crippen molar-refractivity contribution >= 4 is 37.5 Å². The van der Waals surface area contributed by atoms with Crippen LogP contribution in [0, 0.1) is 0 Å². The first-order valence-corrected chi connectivity index (χ1v) is 12.0. The standard InChI is InChI=1S/C21H25BrN2O3S/c1-15(17-8-7-16-5-3-4-6-18(16)13-17)23-21(25)14-24(28(2,26)27)20-11-9-19(22)10-12-20/h7-13,15H,3-6,14H2,1-2H3,(H,23,25)/t15-/m0/s1. The minimum absolute atomic E-state index is 0.189. The summed E-state index contributed by atoms with van der Waals surface area (Å²) >= 11 is 3.33. The topological polar surface area (TPSA) is 66.5 Å². The van der Waals surface area contributed by atoms with Crippen LogP contribution >= 0.6 is 15.9 Å². The molecule has 1 atom stereocenters. The molecule has 7 heteroatoms. The first-order chi connectivity index (χ1) is 13.2. The molecule has 0 saturated carbocycles. The highest BCUT2D eigenvalue weighted by Crippen LogP contribution is 2.25. The number of hydrogen-bond donors (Lipinski definition) is 1. The van der Waals surface area contributed by atoms with Gasteiger partial charge in [0.1, 0.15) is 6.54 Å². The van der Waals surface area contributed by atoms with Crippen LogP contribution in [0.3, 0.4) is 0 Å². The lowest BCUT2D eigenvalue weighted by Gasteiger charge is -2.24. The molecule has 1 amide bonds. The number of nitrogens with zero attached hydrogens (tertiary/aromatic N) is 1. The lowest BCUT2D eigenvalue weighted by molar-refractivity contribution is -0.120. The number of fused-ring (bicyclic) bond motifs is 1. The monoisotopic (exact) mass is 464 g/mol. The number of carbonyl (C=O) groups is 1. The number of amides is 1. The fourth-order valence-electron chi connectivity index (χ4n) is 3.53. The second-order valence-corrected chi connectivity index (χ2v) is 10.1. The van der Waals surface area contributed by atoms with Crippen LogP contribution in [0.25, 0.3) is 0 Å². The van der Waals surface area contributed by atoms with E-state index >= 15 is 0 Å². The predicted octanol–water partition coefficient (Wildman–Crippen LogP) is 3.97. The molecule has 1 N–H and O–H groups in total. The zero-order valence-corrected chi connectivity index (χ0v) is 18.5. The van der Waals surface area contributed by atoms with E-state index in [1.165, 1.54) is 24.0 Å². The van der Waals surface area contributed by atoms with E-state index in [1.807, 2.05) is 6.92 Å². The Bertz CT molecular complexity index is 958. The average molecular weight is 465 g/mol. The Morgan fingerprint density at radius 2 is 1.75 bits per heavy atom. The van der Waals surface area contributed by atoms with E-state index in [1.54, 1.807) is 24.3 Å². The van der Waals surface area contributed by atoms with Crippen molar-refractivity contribution in [3.63, 3.8) is 0 Å².